The quantitative estimate of drug-likeness (QED) is 0.824. The van der Waals surface area contributed by atoms with E-state index in [2.05, 4.69) is 22.4 Å². The number of hydrogen-bond donors (Lipinski definition) is 1. The summed E-state index contributed by atoms with van der Waals surface area (Å²) in [5, 5.41) is 7.88. The van der Waals surface area contributed by atoms with Gasteiger partial charge in [-0.15, -0.1) is 11.8 Å². The molecule has 2 heterocycles. The van der Waals surface area contributed by atoms with Gasteiger partial charge in [-0.05, 0) is 31.2 Å². The Hall–Kier alpha value is -1.08. The van der Waals surface area contributed by atoms with E-state index in [4.69, 9.17) is 20.9 Å². The van der Waals surface area contributed by atoms with Crippen LogP contribution in [0.15, 0.2) is 33.7 Å². The van der Waals surface area contributed by atoms with Crippen LogP contribution in [0.3, 0.4) is 0 Å². The Kier molecular flexibility index (Phi) is 4.49. The molecule has 112 valence electrons. The second kappa shape index (κ2) is 6.36. The lowest BCUT2D eigenvalue weighted by Crippen LogP contribution is -2.58. The summed E-state index contributed by atoms with van der Waals surface area (Å²) in [5.74, 6) is 1.85. The molecular weight excluding hydrogens is 310 g/mol. The Morgan fingerprint density at radius 3 is 2.81 bits per heavy atom. The number of hydrogen-bond acceptors (Lipinski definition) is 6. The van der Waals surface area contributed by atoms with Gasteiger partial charge in [0, 0.05) is 23.0 Å². The highest BCUT2D eigenvalue weighted by Gasteiger charge is 2.32. The van der Waals surface area contributed by atoms with E-state index in [0.29, 0.717) is 24.1 Å². The van der Waals surface area contributed by atoms with Crippen LogP contribution in [-0.2, 0) is 17.1 Å². The molecule has 0 atom stereocenters. The van der Waals surface area contributed by atoms with Gasteiger partial charge >= 0.3 is 0 Å². The number of rotatable bonds is 6. The molecule has 1 aliphatic rings. The van der Waals surface area contributed by atoms with Crippen molar-refractivity contribution in [3.8, 4) is 0 Å². The first kappa shape index (κ1) is 14.8. The zero-order valence-corrected chi connectivity index (χ0v) is 13.2. The molecule has 0 aliphatic carbocycles. The minimum Gasteiger partial charge on any atom is -0.363 e. The van der Waals surface area contributed by atoms with Crippen molar-refractivity contribution in [1.29, 1.82) is 0 Å². The average molecular weight is 326 g/mol. The molecule has 3 rings (SSSR count). The smallest absolute Gasteiger partial charge is 0.252 e. The highest BCUT2D eigenvalue weighted by Crippen LogP contribution is 2.23. The predicted octanol–water partition coefficient (Wildman–Crippen LogP) is 2.89. The molecule has 0 spiro atoms. The highest BCUT2D eigenvalue weighted by atomic mass is 35.5. The van der Waals surface area contributed by atoms with E-state index in [1.165, 1.54) is 0 Å². The lowest BCUT2D eigenvalue weighted by molar-refractivity contribution is -0.0841. The zero-order valence-electron chi connectivity index (χ0n) is 11.6. The Balaban J connectivity index is 1.49. The number of nitrogens with one attached hydrogen (secondary N) is 1. The second-order valence-electron chi connectivity index (χ2n) is 5.19. The van der Waals surface area contributed by atoms with Gasteiger partial charge in [-0.3, -0.25) is 0 Å². The van der Waals surface area contributed by atoms with Crippen molar-refractivity contribution < 1.29 is 9.26 Å². The molecule has 0 radical (unpaired) electrons. The lowest BCUT2D eigenvalue weighted by Gasteiger charge is -2.38. The van der Waals surface area contributed by atoms with Gasteiger partial charge in [0.1, 0.15) is 6.61 Å². The fourth-order valence-corrected chi connectivity index (χ4v) is 2.77. The van der Waals surface area contributed by atoms with E-state index >= 15 is 0 Å². The molecule has 1 saturated heterocycles. The molecule has 0 amide bonds. The minimum atomic E-state index is -0.104. The van der Waals surface area contributed by atoms with Gasteiger partial charge in [0.15, 0.2) is 5.82 Å². The molecule has 7 heteroatoms. The van der Waals surface area contributed by atoms with Gasteiger partial charge in [-0.2, -0.15) is 4.98 Å². The third-order valence-electron chi connectivity index (χ3n) is 3.23. The SMILES string of the molecule is CC1(OCc2nc(CSc3ccc(Cl)cc3)no2)CNC1. The first-order valence-electron chi connectivity index (χ1n) is 6.67. The number of halogens is 1. The van der Waals surface area contributed by atoms with Crippen LogP contribution >= 0.6 is 23.4 Å². The van der Waals surface area contributed by atoms with Gasteiger partial charge in [0.05, 0.1) is 11.4 Å². The van der Waals surface area contributed by atoms with Crippen LogP contribution in [0.4, 0.5) is 0 Å². The van der Waals surface area contributed by atoms with Gasteiger partial charge in [-0.1, -0.05) is 16.8 Å². The second-order valence-corrected chi connectivity index (χ2v) is 6.67. The third-order valence-corrected chi connectivity index (χ3v) is 4.49. The molecule has 0 bridgehead atoms. The summed E-state index contributed by atoms with van der Waals surface area (Å²) < 4.78 is 11.0. The van der Waals surface area contributed by atoms with Crippen LogP contribution in [-0.4, -0.2) is 28.8 Å². The standard InChI is InChI=1S/C14H16ClN3O2S/c1-14(8-16-9-14)19-6-13-17-12(18-20-13)7-21-11-4-2-10(15)3-5-11/h2-5,16H,6-9H2,1H3. The number of benzene rings is 1. The largest absolute Gasteiger partial charge is 0.363 e. The van der Waals surface area contributed by atoms with Crippen molar-refractivity contribution in [2.45, 2.75) is 29.8 Å². The van der Waals surface area contributed by atoms with Gasteiger partial charge < -0.3 is 14.6 Å². The Morgan fingerprint density at radius 1 is 1.38 bits per heavy atom. The zero-order chi connectivity index (χ0) is 14.7. The monoisotopic (exact) mass is 325 g/mol. The summed E-state index contributed by atoms with van der Waals surface area (Å²) in [4.78, 5) is 5.45. The Labute approximate surface area is 132 Å². The highest BCUT2D eigenvalue weighted by molar-refractivity contribution is 7.98. The van der Waals surface area contributed by atoms with Crippen LogP contribution in [0.1, 0.15) is 18.6 Å². The van der Waals surface area contributed by atoms with E-state index in [-0.39, 0.29) is 5.60 Å². The van der Waals surface area contributed by atoms with E-state index in [0.717, 1.165) is 23.0 Å². The van der Waals surface area contributed by atoms with Crippen LogP contribution in [0, 0.1) is 0 Å². The first-order chi connectivity index (χ1) is 10.1. The number of thioether (sulfide) groups is 1. The summed E-state index contributed by atoms with van der Waals surface area (Å²) in [6, 6.07) is 7.68. The van der Waals surface area contributed by atoms with Crippen molar-refractivity contribution in [2.75, 3.05) is 13.1 Å². The average Bonchev–Trinajstić information content (AvgIpc) is 2.90. The fraction of sp³-hybridized carbons (Fsp3) is 0.429. The molecule has 0 unspecified atom stereocenters. The molecule has 0 saturated carbocycles. The normalized spacial score (nSPS) is 16.7. The van der Waals surface area contributed by atoms with Crippen molar-refractivity contribution in [1.82, 2.24) is 15.5 Å². The van der Waals surface area contributed by atoms with Gasteiger partial charge in [-0.25, -0.2) is 0 Å². The van der Waals surface area contributed by atoms with E-state index in [1.54, 1.807) is 11.8 Å². The minimum absolute atomic E-state index is 0.104. The number of ether oxygens (including phenoxy) is 1. The molecule has 1 aromatic heterocycles. The van der Waals surface area contributed by atoms with Crippen molar-refractivity contribution in [2.24, 2.45) is 0 Å². The molecule has 1 aromatic carbocycles. The maximum Gasteiger partial charge on any atom is 0.252 e. The molecule has 5 nitrogen and oxygen atoms in total. The topological polar surface area (TPSA) is 60.2 Å². The Bertz CT molecular complexity index is 599. The molecule has 1 aliphatic heterocycles. The first-order valence-corrected chi connectivity index (χ1v) is 8.04. The van der Waals surface area contributed by atoms with Crippen LogP contribution < -0.4 is 5.32 Å². The maximum atomic E-state index is 5.85. The molecule has 21 heavy (non-hydrogen) atoms. The number of aromatic nitrogens is 2. The van der Waals surface area contributed by atoms with Crippen molar-refractivity contribution in [3.05, 3.63) is 41.0 Å². The molecular formula is C14H16ClN3O2S. The van der Waals surface area contributed by atoms with Gasteiger partial charge in [0.2, 0.25) is 0 Å². The maximum absolute atomic E-state index is 5.85. The summed E-state index contributed by atoms with van der Waals surface area (Å²) >= 11 is 7.49. The van der Waals surface area contributed by atoms with Crippen LogP contribution in [0.25, 0.3) is 0 Å². The van der Waals surface area contributed by atoms with Crippen molar-refractivity contribution in [3.63, 3.8) is 0 Å². The third kappa shape index (κ3) is 3.97. The fourth-order valence-electron chi connectivity index (χ4n) is 1.90. The van der Waals surface area contributed by atoms with E-state index in [9.17, 15) is 0 Å². The van der Waals surface area contributed by atoms with Crippen LogP contribution in [0.5, 0.6) is 0 Å². The lowest BCUT2D eigenvalue weighted by atomic mass is 10.0. The summed E-state index contributed by atoms with van der Waals surface area (Å²) in [6.07, 6.45) is 0. The van der Waals surface area contributed by atoms with Crippen LogP contribution in [0.2, 0.25) is 5.02 Å². The molecule has 1 fully saturated rings. The van der Waals surface area contributed by atoms with Crippen molar-refractivity contribution >= 4 is 23.4 Å². The summed E-state index contributed by atoms with van der Waals surface area (Å²) in [5.41, 5.74) is -0.104. The summed E-state index contributed by atoms with van der Waals surface area (Å²) in [7, 11) is 0. The van der Waals surface area contributed by atoms with E-state index in [1.807, 2.05) is 24.3 Å². The summed E-state index contributed by atoms with van der Waals surface area (Å²) in [6.45, 7) is 4.15. The Morgan fingerprint density at radius 2 is 2.14 bits per heavy atom. The predicted molar refractivity (Wildman–Crippen MR) is 81.4 cm³/mol. The molecule has 2 aromatic rings. The van der Waals surface area contributed by atoms with Gasteiger partial charge in [0.25, 0.3) is 5.89 Å². The molecule has 1 N–H and O–H groups in total. The van der Waals surface area contributed by atoms with E-state index < -0.39 is 0 Å². The number of nitrogens with zero attached hydrogens (tertiary/aromatic N) is 2.